The summed E-state index contributed by atoms with van der Waals surface area (Å²) >= 11 is 0. The van der Waals surface area contributed by atoms with Gasteiger partial charge in [-0.3, -0.25) is 0 Å². The standard InChI is InChI=1S/C17H18Si/c1-18(2,3)17-12-13-8-4-5-9-14(13)15-10-6-7-11-16(15)17/h4-12H,1-3H3. The van der Waals surface area contributed by atoms with Gasteiger partial charge in [0.25, 0.3) is 0 Å². The van der Waals surface area contributed by atoms with E-state index in [0.29, 0.717) is 0 Å². The minimum Gasteiger partial charge on any atom is -0.0656 e. The number of benzene rings is 3. The Morgan fingerprint density at radius 1 is 0.667 bits per heavy atom. The number of rotatable bonds is 1. The third-order valence-corrected chi connectivity index (χ3v) is 5.61. The van der Waals surface area contributed by atoms with Gasteiger partial charge in [-0.25, -0.2) is 0 Å². The van der Waals surface area contributed by atoms with Gasteiger partial charge in [0.2, 0.25) is 0 Å². The van der Waals surface area contributed by atoms with Crippen LogP contribution in [0.15, 0.2) is 54.6 Å². The van der Waals surface area contributed by atoms with E-state index in [1.54, 1.807) is 5.19 Å². The molecule has 0 amide bonds. The molecule has 0 radical (unpaired) electrons. The van der Waals surface area contributed by atoms with Crippen molar-refractivity contribution in [2.75, 3.05) is 0 Å². The van der Waals surface area contributed by atoms with Gasteiger partial charge in [-0.1, -0.05) is 79.4 Å². The van der Waals surface area contributed by atoms with Gasteiger partial charge < -0.3 is 0 Å². The zero-order chi connectivity index (χ0) is 12.8. The maximum Gasteiger partial charge on any atom is 0.0784 e. The van der Waals surface area contributed by atoms with Gasteiger partial charge in [-0.05, 0) is 21.5 Å². The smallest absolute Gasteiger partial charge is 0.0656 e. The second-order valence-electron chi connectivity index (χ2n) is 5.94. The van der Waals surface area contributed by atoms with Crippen LogP contribution >= 0.6 is 0 Å². The van der Waals surface area contributed by atoms with Crippen molar-refractivity contribution in [1.82, 2.24) is 0 Å². The molecule has 3 aromatic carbocycles. The van der Waals surface area contributed by atoms with Crippen molar-refractivity contribution in [3.05, 3.63) is 54.6 Å². The minimum atomic E-state index is -1.31. The average Bonchev–Trinajstić information content (AvgIpc) is 2.37. The number of fused-ring (bicyclic) bond motifs is 3. The SMILES string of the molecule is C[Si](C)(C)c1cc2ccccc2c2ccccc12. The van der Waals surface area contributed by atoms with Crippen LogP contribution in [0.2, 0.25) is 19.6 Å². The van der Waals surface area contributed by atoms with E-state index >= 15 is 0 Å². The van der Waals surface area contributed by atoms with Crippen LogP contribution in [0, 0.1) is 0 Å². The van der Waals surface area contributed by atoms with Crippen LogP contribution in [-0.4, -0.2) is 8.07 Å². The van der Waals surface area contributed by atoms with Crippen LogP contribution in [-0.2, 0) is 0 Å². The first-order valence-electron chi connectivity index (χ1n) is 6.48. The maximum absolute atomic E-state index is 2.42. The molecule has 0 saturated carbocycles. The molecule has 0 nitrogen and oxygen atoms in total. The van der Waals surface area contributed by atoms with Gasteiger partial charge >= 0.3 is 0 Å². The summed E-state index contributed by atoms with van der Waals surface area (Å²) in [5.41, 5.74) is 0. The summed E-state index contributed by atoms with van der Waals surface area (Å²) in [6, 6.07) is 19.9. The molecular formula is C17H18Si. The van der Waals surface area contributed by atoms with Crippen LogP contribution < -0.4 is 5.19 Å². The highest BCUT2D eigenvalue weighted by molar-refractivity contribution is 6.90. The molecule has 0 atom stereocenters. The first kappa shape index (κ1) is 11.5. The number of hydrogen-bond acceptors (Lipinski definition) is 0. The second-order valence-corrected chi connectivity index (χ2v) is 11.0. The molecule has 0 aromatic heterocycles. The number of hydrogen-bond donors (Lipinski definition) is 0. The van der Waals surface area contributed by atoms with Gasteiger partial charge in [0, 0.05) is 0 Å². The summed E-state index contributed by atoms with van der Waals surface area (Å²) in [5.74, 6) is 0. The van der Waals surface area contributed by atoms with Crippen molar-refractivity contribution < 1.29 is 0 Å². The largest absolute Gasteiger partial charge is 0.0784 e. The second kappa shape index (κ2) is 3.96. The molecule has 0 spiro atoms. The highest BCUT2D eigenvalue weighted by Crippen LogP contribution is 2.25. The first-order valence-corrected chi connectivity index (χ1v) is 9.98. The van der Waals surface area contributed by atoms with E-state index < -0.39 is 8.07 Å². The van der Waals surface area contributed by atoms with E-state index in [-0.39, 0.29) is 0 Å². The van der Waals surface area contributed by atoms with E-state index in [2.05, 4.69) is 74.2 Å². The normalized spacial score (nSPS) is 12.2. The topological polar surface area (TPSA) is 0 Å². The lowest BCUT2D eigenvalue weighted by Gasteiger charge is -2.20. The quantitative estimate of drug-likeness (QED) is 0.439. The van der Waals surface area contributed by atoms with E-state index in [1.807, 2.05) is 0 Å². The van der Waals surface area contributed by atoms with Crippen LogP contribution in [0.4, 0.5) is 0 Å². The molecule has 0 aliphatic carbocycles. The van der Waals surface area contributed by atoms with Crippen molar-refractivity contribution in [3.8, 4) is 0 Å². The Kier molecular flexibility index (Phi) is 2.53. The molecule has 0 unspecified atom stereocenters. The van der Waals surface area contributed by atoms with Crippen molar-refractivity contribution >= 4 is 34.8 Å². The van der Waals surface area contributed by atoms with Crippen LogP contribution in [0.25, 0.3) is 21.5 Å². The predicted molar refractivity (Wildman–Crippen MR) is 84.4 cm³/mol. The zero-order valence-electron chi connectivity index (χ0n) is 11.2. The summed E-state index contributed by atoms with van der Waals surface area (Å²) in [4.78, 5) is 0. The average molecular weight is 250 g/mol. The van der Waals surface area contributed by atoms with Crippen molar-refractivity contribution in [1.29, 1.82) is 0 Å². The van der Waals surface area contributed by atoms with E-state index in [1.165, 1.54) is 21.5 Å². The molecular weight excluding hydrogens is 232 g/mol. The van der Waals surface area contributed by atoms with Gasteiger partial charge in [0.1, 0.15) is 0 Å². The van der Waals surface area contributed by atoms with Gasteiger partial charge in [0.05, 0.1) is 8.07 Å². The van der Waals surface area contributed by atoms with Gasteiger partial charge in [-0.2, -0.15) is 0 Å². The van der Waals surface area contributed by atoms with Crippen LogP contribution in [0.5, 0.6) is 0 Å². The van der Waals surface area contributed by atoms with Crippen molar-refractivity contribution in [3.63, 3.8) is 0 Å². The lowest BCUT2D eigenvalue weighted by atomic mass is 10.0. The predicted octanol–water partition coefficient (Wildman–Crippen LogP) is 4.54. The van der Waals surface area contributed by atoms with Gasteiger partial charge in [-0.15, -0.1) is 0 Å². The Balaban J connectivity index is 2.55. The summed E-state index contributed by atoms with van der Waals surface area (Å²) < 4.78 is 0. The van der Waals surface area contributed by atoms with Crippen LogP contribution in [0.3, 0.4) is 0 Å². The summed E-state index contributed by atoms with van der Waals surface area (Å²) in [7, 11) is -1.31. The highest BCUT2D eigenvalue weighted by Gasteiger charge is 2.20. The highest BCUT2D eigenvalue weighted by atomic mass is 28.3. The first-order chi connectivity index (χ1) is 8.57. The monoisotopic (exact) mass is 250 g/mol. The third-order valence-electron chi connectivity index (χ3n) is 3.58. The molecule has 3 aromatic rings. The molecule has 0 bridgehead atoms. The summed E-state index contributed by atoms with van der Waals surface area (Å²) in [6.45, 7) is 7.26. The fourth-order valence-electron chi connectivity index (χ4n) is 2.67. The van der Waals surface area contributed by atoms with E-state index in [4.69, 9.17) is 0 Å². The molecule has 0 saturated heterocycles. The molecule has 0 fully saturated rings. The van der Waals surface area contributed by atoms with Crippen LogP contribution in [0.1, 0.15) is 0 Å². The Morgan fingerprint density at radius 2 is 1.22 bits per heavy atom. The molecule has 0 N–H and O–H groups in total. The van der Waals surface area contributed by atoms with Gasteiger partial charge in [0.15, 0.2) is 0 Å². The Bertz CT molecular complexity index is 720. The lowest BCUT2D eigenvalue weighted by molar-refractivity contribution is 1.73. The Hall–Kier alpha value is -1.60. The summed E-state index contributed by atoms with van der Waals surface area (Å²) in [6.07, 6.45) is 0. The molecule has 1 heteroatoms. The Labute approximate surface area is 109 Å². The fraction of sp³-hybridized carbons (Fsp3) is 0.176. The lowest BCUT2D eigenvalue weighted by Crippen LogP contribution is -2.38. The maximum atomic E-state index is 2.42. The third kappa shape index (κ3) is 1.75. The molecule has 90 valence electrons. The molecule has 0 aliphatic rings. The Morgan fingerprint density at radius 3 is 1.89 bits per heavy atom. The molecule has 3 rings (SSSR count). The fourth-order valence-corrected chi connectivity index (χ4v) is 4.29. The molecule has 0 heterocycles. The molecule has 18 heavy (non-hydrogen) atoms. The summed E-state index contributed by atoms with van der Waals surface area (Å²) in [5, 5.41) is 7.14. The van der Waals surface area contributed by atoms with E-state index in [0.717, 1.165) is 0 Å². The zero-order valence-corrected chi connectivity index (χ0v) is 12.2. The van der Waals surface area contributed by atoms with Crippen molar-refractivity contribution in [2.24, 2.45) is 0 Å². The minimum absolute atomic E-state index is 1.31. The van der Waals surface area contributed by atoms with Crippen molar-refractivity contribution in [2.45, 2.75) is 19.6 Å². The van der Waals surface area contributed by atoms with E-state index in [9.17, 15) is 0 Å². The molecule has 0 aliphatic heterocycles.